The van der Waals surface area contributed by atoms with Crippen molar-refractivity contribution in [2.24, 2.45) is 0 Å². The lowest BCUT2D eigenvalue weighted by Crippen LogP contribution is -2.09. The van der Waals surface area contributed by atoms with Gasteiger partial charge in [-0.1, -0.05) is 176 Å². The zero-order valence-corrected chi connectivity index (χ0v) is 30.3. The van der Waals surface area contributed by atoms with Crippen molar-refractivity contribution in [1.82, 2.24) is 0 Å². The smallest absolute Gasteiger partial charge is 0.0462 e. The summed E-state index contributed by atoms with van der Waals surface area (Å²) in [5.41, 5.74) is 13.0. The van der Waals surface area contributed by atoms with Gasteiger partial charge in [-0.3, -0.25) is 0 Å². The molecule has 0 saturated heterocycles. The van der Waals surface area contributed by atoms with Gasteiger partial charge >= 0.3 is 0 Å². The van der Waals surface area contributed by atoms with E-state index < -0.39 is 0 Å². The summed E-state index contributed by atoms with van der Waals surface area (Å²) in [6.45, 7) is 0. The Hall–Kier alpha value is -7.22. The van der Waals surface area contributed by atoms with E-state index >= 15 is 0 Å². The van der Waals surface area contributed by atoms with Crippen LogP contribution in [0.25, 0.3) is 76.8 Å². The molecule has 0 aromatic heterocycles. The normalized spacial score (nSPS) is 11.3. The van der Waals surface area contributed by atoms with E-state index in [1.807, 2.05) is 0 Å². The zero-order valence-electron chi connectivity index (χ0n) is 30.3. The molecule has 0 spiro atoms. The Morgan fingerprint density at radius 1 is 0.218 bits per heavy atom. The van der Waals surface area contributed by atoms with Crippen molar-refractivity contribution in [3.05, 3.63) is 224 Å². The van der Waals surface area contributed by atoms with E-state index in [4.69, 9.17) is 0 Å². The molecule has 0 saturated carbocycles. The number of hydrogen-bond donors (Lipinski definition) is 0. The lowest BCUT2D eigenvalue weighted by molar-refractivity contribution is 1.28. The average molecular weight is 700 g/mol. The summed E-state index contributed by atoms with van der Waals surface area (Å²) in [5.74, 6) is 0. The van der Waals surface area contributed by atoms with E-state index in [9.17, 15) is 0 Å². The quantitative estimate of drug-likeness (QED) is 0.150. The predicted molar refractivity (Wildman–Crippen MR) is 235 cm³/mol. The fourth-order valence-electron chi connectivity index (χ4n) is 7.99. The summed E-state index contributed by atoms with van der Waals surface area (Å²) >= 11 is 0. The summed E-state index contributed by atoms with van der Waals surface area (Å²) in [6, 6.07) is 81.4. The lowest BCUT2D eigenvalue weighted by Gasteiger charge is -2.26. The van der Waals surface area contributed by atoms with Gasteiger partial charge in [0.15, 0.2) is 0 Å². The molecule has 10 rings (SSSR count). The van der Waals surface area contributed by atoms with Crippen LogP contribution in [0.2, 0.25) is 0 Å². The van der Waals surface area contributed by atoms with Gasteiger partial charge in [-0.25, -0.2) is 0 Å². The van der Waals surface area contributed by atoms with Gasteiger partial charge in [-0.15, -0.1) is 0 Å². The lowest BCUT2D eigenvalue weighted by atomic mass is 9.93. The minimum Gasteiger partial charge on any atom is -0.311 e. The molecule has 0 aliphatic heterocycles. The van der Waals surface area contributed by atoms with Crippen molar-refractivity contribution in [3.8, 4) is 44.5 Å². The van der Waals surface area contributed by atoms with Crippen molar-refractivity contribution < 1.29 is 0 Å². The topological polar surface area (TPSA) is 3.24 Å². The van der Waals surface area contributed by atoms with Crippen LogP contribution in [0.3, 0.4) is 0 Å². The Balaban J connectivity index is 1.02. The molecule has 10 aromatic rings. The molecule has 1 nitrogen and oxygen atoms in total. The summed E-state index contributed by atoms with van der Waals surface area (Å²) in [4.78, 5) is 2.36. The molecule has 10 aromatic carbocycles. The van der Waals surface area contributed by atoms with Crippen LogP contribution < -0.4 is 4.90 Å². The van der Waals surface area contributed by atoms with Gasteiger partial charge in [0.25, 0.3) is 0 Å². The number of benzene rings is 10. The molecule has 0 fully saturated rings. The predicted octanol–water partition coefficient (Wildman–Crippen LogP) is 15.3. The van der Waals surface area contributed by atoms with Gasteiger partial charge in [-0.05, 0) is 125 Å². The maximum Gasteiger partial charge on any atom is 0.0462 e. The van der Waals surface area contributed by atoms with E-state index in [1.54, 1.807) is 0 Å². The Morgan fingerprint density at radius 2 is 0.618 bits per heavy atom. The summed E-state index contributed by atoms with van der Waals surface area (Å²) < 4.78 is 0. The zero-order chi connectivity index (χ0) is 36.6. The molecule has 0 N–H and O–H groups in total. The number of fused-ring (bicyclic) bond motifs is 4. The molecule has 258 valence electrons. The van der Waals surface area contributed by atoms with Crippen LogP contribution in [0.4, 0.5) is 17.1 Å². The maximum absolute atomic E-state index is 2.36. The van der Waals surface area contributed by atoms with E-state index in [0.29, 0.717) is 0 Å². The number of rotatable bonds is 7. The van der Waals surface area contributed by atoms with E-state index in [2.05, 4.69) is 229 Å². The number of anilines is 3. The monoisotopic (exact) mass is 699 g/mol. The first-order valence-electron chi connectivity index (χ1n) is 18.9. The van der Waals surface area contributed by atoms with Crippen LogP contribution in [0.5, 0.6) is 0 Å². The third kappa shape index (κ3) is 6.22. The number of nitrogens with zero attached hydrogens (tertiary/aromatic N) is 1. The van der Waals surface area contributed by atoms with Crippen molar-refractivity contribution in [2.75, 3.05) is 4.90 Å². The highest BCUT2D eigenvalue weighted by molar-refractivity contribution is 6.13. The van der Waals surface area contributed by atoms with E-state index in [1.165, 1.54) is 76.8 Å². The molecular weight excluding hydrogens is 663 g/mol. The highest BCUT2D eigenvalue weighted by Crippen LogP contribution is 2.40. The van der Waals surface area contributed by atoms with Crippen LogP contribution in [0.15, 0.2) is 224 Å². The molecule has 0 heterocycles. The van der Waals surface area contributed by atoms with Gasteiger partial charge in [-0.2, -0.15) is 0 Å². The molecule has 55 heavy (non-hydrogen) atoms. The van der Waals surface area contributed by atoms with Crippen LogP contribution in [0, 0.1) is 0 Å². The Kier molecular flexibility index (Phi) is 8.24. The molecule has 0 aliphatic carbocycles. The average Bonchev–Trinajstić information content (AvgIpc) is 3.27. The molecule has 0 amide bonds. The molecule has 0 aliphatic rings. The number of hydrogen-bond acceptors (Lipinski definition) is 1. The molecule has 0 atom stereocenters. The van der Waals surface area contributed by atoms with Gasteiger partial charge in [0.2, 0.25) is 0 Å². The summed E-state index contributed by atoms with van der Waals surface area (Å²) in [7, 11) is 0. The van der Waals surface area contributed by atoms with E-state index in [-0.39, 0.29) is 0 Å². The first-order chi connectivity index (χ1) is 27.2. The van der Waals surface area contributed by atoms with Crippen LogP contribution >= 0.6 is 0 Å². The molecule has 1 heteroatoms. The highest BCUT2D eigenvalue weighted by atomic mass is 15.1. The second kappa shape index (κ2) is 14.0. The van der Waals surface area contributed by atoms with Gasteiger partial charge in [0.05, 0.1) is 0 Å². The third-order valence-electron chi connectivity index (χ3n) is 10.9. The fourth-order valence-corrected chi connectivity index (χ4v) is 7.99. The first-order valence-corrected chi connectivity index (χ1v) is 18.9. The van der Waals surface area contributed by atoms with Crippen molar-refractivity contribution in [2.45, 2.75) is 0 Å². The van der Waals surface area contributed by atoms with Crippen LogP contribution in [-0.2, 0) is 0 Å². The Bertz CT molecular complexity index is 2930. The Morgan fingerprint density at radius 3 is 1.22 bits per heavy atom. The second-order valence-corrected chi connectivity index (χ2v) is 14.2. The van der Waals surface area contributed by atoms with Crippen molar-refractivity contribution in [3.63, 3.8) is 0 Å². The minimum atomic E-state index is 1.10. The fraction of sp³-hybridized carbons (Fsp3) is 0. The third-order valence-corrected chi connectivity index (χ3v) is 10.9. The summed E-state index contributed by atoms with van der Waals surface area (Å²) in [6.07, 6.45) is 0. The van der Waals surface area contributed by atoms with Crippen molar-refractivity contribution in [1.29, 1.82) is 0 Å². The van der Waals surface area contributed by atoms with Crippen LogP contribution in [0.1, 0.15) is 0 Å². The SMILES string of the molecule is c1ccc(-c2ccc(-c3ccc(N(c4ccc(-c5ccc6ccccc6c5)cc4)c4ccc(-c5cc6ccccc6c6ccccc56)cc4)cc3)cc2)cc1. The second-order valence-electron chi connectivity index (χ2n) is 14.2. The first kappa shape index (κ1) is 32.4. The molecule has 0 bridgehead atoms. The maximum atomic E-state index is 2.36. The van der Waals surface area contributed by atoms with Crippen molar-refractivity contribution >= 4 is 49.4 Å². The summed E-state index contributed by atoms with van der Waals surface area (Å²) in [5, 5.41) is 7.59. The van der Waals surface area contributed by atoms with Gasteiger partial charge in [0, 0.05) is 17.1 Å². The molecule has 0 radical (unpaired) electrons. The van der Waals surface area contributed by atoms with Crippen LogP contribution in [-0.4, -0.2) is 0 Å². The Labute approximate surface area is 322 Å². The molecular formula is C54H37N. The molecule has 0 unspecified atom stereocenters. The largest absolute Gasteiger partial charge is 0.311 e. The van der Waals surface area contributed by atoms with Gasteiger partial charge < -0.3 is 4.90 Å². The van der Waals surface area contributed by atoms with E-state index in [0.717, 1.165) is 17.1 Å². The minimum absolute atomic E-state index is 1.10. The van der Waals surface area contributed by atoms with Gasteiger partial charge in [0.1, 0.15) is 0 Å². The standard InChI is InChI=1S/C54H37N/c1-2-10-38(11-3-1)40-18-20-41(21-19-40)42-24-30-48(31-25-42)55(49-32-26-43(27-33-49)46-23-22-39-12-4-5-13-45(39)36-46)50-34-28-44(29-35-50)54-37-47-14-6-7-15-51(47)52-16-8-9-17-53(52)54/h1-37H. The highest BCUT2D eigenvalue weighted by Gasteiger charge is 2.15.